The van der Waals surface area contributed by atoms with Gasteiger partial charge in [-0.1, -0.05) is 161 Å². The van der Waals surface area contributed by atoms with E-state index in [1.807, 2.05) is 85.7 Å². The lowest BCUT2D eigenvalue weighted by molar-refractivity contribution is 0.299. The molecule has 14 heteroatoms. The number of benzene rings is 6. The van der Waals surface area contributed by atoms with E-state index in [1.54, 1.807) is 0 Å². The van der Waals surface area contributed by atoms with Crippen LogP contribution < -0.4 is 37.9 Å². The standard InChI is InChI=1S/C110H124N6O8/c1-2-4-6-8-10-18-72-118-100-55-59-102(60-56-100)124-78-24-30-90-36-66-108(116-84-90)106-64-34-88(82-114-106)28-22-76-122-98-51-43-94(44-52-98)110(69-15-12-16-70-110)92-39-47-96(48-40-92)120-74-20-26-86-32-62-104(112-80-86)103-61-31-85(79-111-103)25-19-73-119-95-45-37-91(38-46-95)109(67-13-11-14-68-109)93-41-49-97(50-42-93)121-75-21-27-87-33-63-105(113-81-87)107-65-35-89(83-115-107)29-23-77-123-101-57-53-99(54-58-101)117-71-17-9-7-5-3-1/h1-2,31-66,79-84H,3-30,67-78H2. The molecule has 124 heavy (non-hydrogen) atoms. The molecule has 0 atom stereocenters. The molecule has 0 saturated heterocycles. The lowest BCUT2D eigenvalue weighted by Gasteiger charge is -2.38. The summed E-state index contributed by atoms with van der Waals surface area (Å²) in [6.45, 7) is 5.25. The molecule has 14 nitrogen and oxygen atoms in total. The van der Waals surface area contributed by atoms with Crippen LogP contribution in [-0.4, -0.2) is 82.8 Å². The largest absolute Gasteiger partial charge is 0.494 e. The molecule has 16 aliphatic heterocycles. The minimum absolute atomic E-state index is 0.0283. The third-order valence-electron chi connectivity index (χ3n) is 24.9. The molecule has 2 spiro atoms. The molecule has 2 saturated carbocycles. The highest BCUT2D eigenvalue weighted by molar-refractivity contribution is 5.57. The fourth-order valence-corrected chi connectivity index (χ4v) is 17.7. The number of fused-ring (bicyclic) bond motifs is 6. The molecule has 6 aromatic carbocycles. The zero-order chi connectivity index (χ0) is 84.2. The Morgan fingerprint density at radius 1 is 0.169 bits per heavy atom. The van der Waals surface area contributed by atoms with Crippen LogP contribution in [0.4, 0.5) is 0 Å². The zero-order valence-corrected chi connectivity index (χ0v) is 72.6. The molecule has 2 fully saturated rings. The van der Waals surface area contributed by atoms with E-state index in [0.29, 0.717) is 39.6 Å². The minimum atomic E-state index is -0.0283. The highest BCUT2D eigenvalue weighted by Crippen LogP contribution is 2.48. The van der Waals surface area contributed by atoms with E-state index >= 15 is 0 Å². The molecule has 12 aromatic rings. The summed E-state index contributed by atoms with van der Waals surface area (Å²) < 4.78 is 49.7. The third-order valence-corrected chi connectivity index (χ3v) is 24.9. The third kappa shape index (κ3) is 26.0. The van der Waals surface area contributed by atoms with Gasteiger partial charge < -0.3 is 37.9 Å². The molecule has 24 bridgehead atoms. The lowest BCUT2D eigenvalue weighted by atomic mass is 9.65. The van der Waals surface area contributed by atoms with Crippen LogP contribution in [0.15, 0.2) is 268 Å². The van der Waals surface area contributed by atoms with E-state index in [1.165, 1.54) is 133 Å². The maximum Gasteiger partial charge on any atom is 0.119 e. The van der Waals surface area contributed by atoms with E-state index in [2.05, 4.69) is 182 Å². The van der Waals surface area contributed by atoms with E-state index < -0.39 is 0 Å². The van der Waals surface area contributed by atoms with Gasteiger partial charge in [0.1, 0.15) is 46.0 Å². The summed E-state index contributed by atoms with van der Waals surface area (Å²) in [5, 5.41) is 0. The summed E-state index contributed by atoms with van der Waals surface area (Å²) in [6.07, 6.45) is 50.8. The van der Waals surface area contributed by atoms with Gasteiger partial charge in [-0.3, -0.25) is 29.9 Å². The van der Waals surface area contributed by atoms with Gasteiger partial charge in [-0.15, -0.1) is 0 Å². The molecule has 6 aromatic heterocycles. The number of aryl methyl sites for hydroxylation is 6. The van der Waals surface area contributed by atoms with Gasteiger partial charge in [0.15, 0.2) is 0 Å². The monoisotopic (exact) mass is 1660 g/mol. The molecule has 0 unspecified atom stereocenters. The summed E-state index contributed by atoms with van der Waals surface area (Å²) in [6, 6.07) is 77.1. The smallest absolute Gasteiger partial charge is 0.119 e. The number of pyridine rings is 6. The van der Waals surface area contributed by atoms with Crippen LogP contribution in [0.1, 0.15) is 223 Å². The molecule has 18 aliphatic rings. The second kappa shape index (κ2) is 46.7. The topological polar surface area (TPSA) is 151 Å². The molecule has 22 heterocycles. The fourth-order valence-electron chi connectivity index (χ4n) is 17.7. The second-order valence-electron chi connectivity index (χ2n) is 33.9. The number of nitrogens with zero attached hydrogens (tertiary/aromatic N) is 6. The summed E-state index contributed by atoms with van der Waals surface area (Å²) in [4.78, 5) is 28.8. The van der Waals surface area contributed by atoms with Gasteiger partial charge in [0.2, 0.25) is 0 Å². The van der Waals surface area contributed by atoms with E-state index in [4.69, 9.17) is 67.8 Å². The molecule has 642 valence electrons. The number of hydrogen-bond acceptors (Lipinski definition) is 14. The predicted molar refractivity (Wildman–Crippen MR) is 498 cm³/mol. The Morgan fingerprint density at radius 2 is 0.347 bits per heavy atom. The molecule has 0 N–H and O–H groups in total. The van der Waals surface area contributed by atoms with Crippen LogP contribution in [0.3, 0.4) is 0 Å². The summed E-state index contributed by atoms with van der Waals surface area (Å²) in [5.41, 5.74) is 17.7. The Balaban J connectivity index is 0.496. The van der Waals surface area contributed by atoms with Crippen LogP contribution in [0.25, 0.3) is 34.2 Å². The van der Waals surface area contributed by atoms with Crippen molar-refractivity contribution in [2.75, 3.05) is 52.9 Å². The molecule has 0 amide bonds. The lowest BCUT2D eigenvalue weighted by Crippen LogP contribution is -2.30. The van der Waals surface area contributed by atoms with Crippen molar-refractivity contribution in [3.05, 3.63) is 323 Å². The van der Waals surface area contributed by atoms with E-state index in [0.717, 1.165) is 222 Å². The number of ether oxygens (including phenoxy) is 8. The van der Waals surface area contributed by atoms with Crippen molar-refractivity contribution in [1.82, 2.24) is 29.9 Å². The van der Waals surface area contributed by atoms with Crippen LogP contribution in [-0.2, 0) is 49.4 Å². The Kier molecular flexibility index (Phi) is 32.9. The molecule has 0 radical (unpaired) electrons. The van der Waals surface area contributed by atoms with Crippen molar-refractivity contribution < 1.29 is 37.9 Å². The van der Waals surface area contributed by atoms with Crippen molar-refractivity contribution in [1.29, 1.82) is 0 Å². The molecular weight excluding hydrogens is 1530 g/mol. The maximum atomic E-state index is 6.34. The van der Waals surface area contributed by atoms with Gasteiger partial charge in [-0.2, -0.15) is 0 Å². The average Bonchev–Trinajstić information content (AvgIpc) is 0.773. The van der Waals surface area contributed by atoms with Crippen molar-refractivity contribution >= 4 is 0 Å². The van der Waals surface area contributed by atoms with Gasteiger partial charge in [0.05, 0.1) is 87.0 Å². The van der Waals surface area contributed by atoms with Crippen LogP contribution in [0, 0.1) is 0 Å². The van der Waals surface area contributed by atoms with Gasteiger partial charge >= 0.3 is 0 Å². The van der Waals surface area contributed by atoms with Gasteiger partial charge in [0, 0.05) is 48.0 Å². The predicted octanol–water partition coefficient (Wildman–Crippen LogP) is 25.9. The number of aromatic nitrogens is 6. The van der Waals surface area contributed by atoms with Gasteiger partial charge in [-0.05, 0) is 330 Å². The number of allylic oxidation sites excluding steroid dienone is 2. The molecule has 30 rings (SSSR count). The Hall–Kier alpha value is -11.6. The van der Waals surface area contributed by atoms with Crippen molar-refractivity contribution in [2.45, 2.75) is 216 Å². The maximum absolute atomic E-state index is 6.34. The zero-order valence-electron chi connectivity index (χ0n) is 72.6. The average molecular weight is 1660 g/mol. The first kappa shape index (κ1) is 87.3. The normalized spacial score (nSPS) is 17.2. The summed E-state index contributed by atoms with van der Waals surface area (Å²) >= 11 is 0. The SMILES string of the molecule is C1=CCCCCCCOc2ccc(cc2)OCCCc2ccc(nc2)-c2ccc(cn2)CCCOc2ccc(cc2)C2(CCCCC2)c2ccc(cc2)OCCCc2ccc(nc2)-c2ccc(cn2)CCCOc2ccc(cc2)C2(CCCCC2)c2ccc(cc2)OCCCc2ccc(nc2)-c2ccc(cn2)CCCOc2ccc(cc2)OCCCCCC1. The fraction of sp³-hybridized carbons (Fsp3) is 0.382. The quantitative estimate of drug-likeness (QED) is 0.132. The first-order valence-corrected chi connectivity index (χ1v) is 46.4. The molecular formula is C110H124N6O8. The van der Waals surface area contributed by atoms with E-state index in [-0.39, 0.29) is 10.8 Å². The minimum Gasteiger partial charge on any atom is -0.494 e. The van der Waals surface area contributed by atoms with Crippen molar-refractivity contribution in [3.8, 4) is 80.2 Å². The van der Waals surface area contributed by atoms with Gasteiger partial charge in [-0.25, -0.2) is 0 Å². The highest BCUT2D eigenvalue weighted by Gasteiger charge is 2.37. The Bertz CT molecular complexity index is 4770. The van der Waals surface area contributed by atoms with E-state index in [9.17, 15) is 0 Å². The first-order valence-electron chi connectivity index (χ1n) is 46.4. The van der Waals surface area contributed by atoms with Crippen molar-refractivity contribution in [2.24, 2.45) is 0 Å². The van der Waals surface area contributed by atoms with Crippen LogP contribution in [0.2, 0.25) is 0 Å². The summed E-state index contributed by atoms with van der Waals surface area (Å²) in [7, 11) is 0. The Labute approximate surface area is 736 Å². The summed E-state index contributed by atoms with van der Waals surface area (Å²) in [5.74, 6) is 7.11. The molecule has 2 aliphatic carbocycles. The van der Waals surface area contributed by atoms with Crippen LogP contribution >= 0.6 is 0 Å². The van der Waals surface area contributed by atoms with Gasteiger partial charge in [0.25, 0.3) is 0 Å². The second-order valence-corrected chi connectivity index (χ2v) is 33.9. The van der Waals surface area contributed by atoms with Crippen LogP contribution in [0.5, 0.6) is 46.0 Å². The van der Waals surface area contributed by atoms with Crippen molar-refractivity contribution in [3.63, 3.8) is 0 Å². The first-order chi connectivity index (χ1) is 61.4. The number of rotatable bonds is 0. The Morgan fingerprint density at radius 3 is 0.540 bits per heavy atom. The highest BCUT2D eigenvalue weighted by atomic mass is 16.5. The number of hydrogen-bond donors (Lipinski definition) is 0.